The quantitative estimate of drug-likeness (QED) is 0.447. The number of hydrogen-bond acceptors (Lipinski definition) is 7. The molecule has 11 heteroatoms. The first-order chi connectivity index (χ1) is 17.2. The molecule has 0 fully saturated rings. The molecule has 2 aromatic carbocycles. The van der Waals surface area contributed by atoms with E-state index in [1.165, 1.54) is 54.1 Å². The van der Waals surface area contributed by atoms with Gasteiger partial charge in [0.05, 0.1) is 35.6 Å². The Kier molecular flexibility index (Phi) is 7.30. The highest BCUT2D eigenvalue weighted by Gasteiger charge is 2.33. The first-order valence-electron chi connectivity index (χ1n) is 10.8. The Morgan fingerprint density at radius 2 is 1.92 bits per heavy atom. The van der Waals surface area contributed by atoms with Crippen LogP contribution in [0.25, 0.3) is 6.08 Å². The normalized spacial score (nSPS) is 15.5. The SMILES string of the molecule is CCOC(=O)C1=C(C)N=c2s/c(=C/c3ccc(OC(F)F)c(OC)c3)c(=O)n2C1c1ccc(F)cc1. The van der Waals surface area contributed by atoms with Gasteiger partial charge in [0.15, 0.2) is 16.3 Å². The maximum absolute atomic E-state index is 13.6. The minimum Gasteiger partial charge on any atom is -0.493 e. The fourth-order valence-electron chi connectivity index (χ4n) is 3.87. The van der Waals surface area contributed by atoms with Crippen molar-refractivity contribution in [1.29, 1.82) is 0 Å². The second-order valence-corrected chi connectivity index (χ2v) is 8.65. The molecule has 0 saturated carbocycles. The maximum atomic E-state index is 13.6. The van der Waals surface area contributed by atoms with Crippen molar-refractivity contribution in [2.45, 2.75) is 26.5 Å². The van der Waals surface area contributed by atoms with Crippen molar-refractivity contribution in [2.24, 2.45) is 4.99 Å². The number of carbonyl (C=O) groups is 1. The van der Waals surface area contributed by atoms with Crippen LogP contribution in [0, 0.1) is 5.82 Å². The number of thiazole rings is 1. The number of aromatic nitrogens is 1. The topological polar surface area (TPSA) is 79.1 Å². The van der Waals surface area contributed by atoms with Crippen molar-refractivity contribution < 1.29 is 32.2 Å². The fraction of sp³-hybridized carbons (Fsp3) is 0.240. The number of methoxy groups -OCH3 is 1. The third kappa shape index (κ3) is 4.92. The maximum Gasteiger partial charge on any atom is 0.387 e. The van der Waals surface area contributed by atoms with Gasteiger partial charge in [-0.05, 0) is 55.3 Å². The van der Waals surface area contributed by atoms with Gasteiger partial charge in [0.25, 0.3) is 5.56 Å². The Bertz CT molecular complexity index is 1510. The van der Waals surface area contributed by atoms with E-state index in [0.717, 1.165) is 11.3 Å². The molecule has 1 atom stereocenters. The van der Waals surface area contributed by atoms with Crippen LogP contribution in [0.4, 0.5) is 13.2 Å². The van der Waals surface area contributed by atoms with Crippen molar-refractivity contribution in [1.82, 2.24) is 4.57 Å². The highest BCUT2D eigenvalue weighted by Crippen LogP contribution is 2.31. The van der Waals surface area contributed by atoms with Crippen LogP contribution in [0.2, 0.25) is 0 Å². The van der Waals surface area contributed by atoms with Gasteiger partial charge in [0.1, 0.15) is 5.82 Å². The third-order valence-corrected chi connectivity index (χ3v) is 6.39. The summed E-state index contributed by atoms with van der Waals surface area (Å²) in [5, 5.41) is 0. The van der Waals surface area contributed by atoms with Crippen LogP contribution >= 0.6 is 11.3 Å². The van der Waals surface area contributed by atoms with Gasteiger partial charge >= 0.3 is 12.6 Å². The third-order valence-electron chi connectivity index (χ3n) is 5.40. The average Bonchev–Trinajstić information content (AvgIpc) is 3.13. The number of rotatable bonds is 7. The summed E-state index contributed by atoms with van der Waals surface area (Å²) < 4.78 is 55.4. The minimum absolute atomic E-state index is 0.0708. The van der Waals surface area contributed by atoms with Crippen LogP contribution in [-0.4, -0.2) is 30.9 Å². The van der Waals surface area contributed by atoms with Gasteiger partial charge in [0.2, 0.25) is 0 Å². The van der Waals surface area contributed by atoms with Crippen molar-refractivity contribution in [3.05, 3.63) is 90.4 Å². The molecule has 0 radical (unpaired) electrons. The summed E-state index contributed by atoms with van der Waals surface area (Å²) in [6.45, 7) is 0.425. The molecular weight excluding hydrogens is 497 g/mol. The molecule has 1 aromatic heterocycles. The smallest absolute Gasteiger partial charge is 0.387 e. The lowest BCUT2D eigenvalue weighted by molar-refractivity contribution is -0.139. The number of benzene rings is 2. The van der Waals surface area contributed by atoms with Crippen LogP contribution in [-0.2, 0) is 9.53 Å². The number of fused-ring (bicyclic) bond motifs is 1. The molecule has 1 aliphatic rings. The monoisotopic (exact) mass is 518 g/mol. The van der Waals surface area contributed by atoms with E-state index in [2.05, 4.69) is 9.73 Å². The number of halogens is 3. The van der Waals surface area contributed by atoms with E-state index < -0.39 is 30.0 Å². The van der Waals surface area contributed by atoms with E-state index in [0.29, 0.717) is 21.6 Å². The summed E-state index contributed by atoms with van der Waals surface area (Å²) in [4.78, 5) is 31.2. The van der Waals surface area contributed by atoms with Crippen LogP contribution in [0.15, 0.2) is 63.5 Å². The molecule has 0 spiro atoms. The van der Waals surface area contributed by atoms with E-state index in [1.807, 2.05) is 0 Å². The molecule has 188 valence electrons. The van der Waals surface area contributed by atoms with Gasteiger partial charge in [-0.1, -0.05) is 29.5 Å². The summed E-state index contributed by atoms with van der Waals surface area (Å²) in [7, 11) is 1.31. The summed E-state index contributed by atoms with van der Waals surface area (Å²) in [5.74, 6) is -1.15. The Morgan fingerprint density at radius 1 is 1.19 bits per heavy atom. The predicted octanol–water partition coefficient (Wildman–Crippen LogP) is 3.55. The summed E-state index contributed by atoms with van der Waals surface area (Å²) >= 11 is 1.09. The van der Waals surface area contributed by atoms with Crippen LogP contribution in [0.1, 0.15) is 31.0 Å². The lowest BCUT2D eigenvalue weighted by atomic mass is 9.96. The van der Waals surface area contributed by atoms with E-state index in [9.17, 15) is 22.8 Å². The first kappa shape index (κ1) is 25.2. The fourth-order valence-corrected chi connectivity index (χ4v) is 4.92. The summed E-state index contributed by atoms with van der Waals surface area (Å²) in [6.07, 6.45) is 1.56. The van der Waals surface area contributed by atoms with E-state index in [-0.39, 0.29) is 28.2 Å². The second-order valence-electron chi connectivity index (χ2n) is 7.64. The molecule has 7 nitrogen and oxygen atoms in total. The lowest BCUT2D eigenvalue weighted by Crippen LogP contribution is -2.39. The number of esters is 1. The number of allylic oxidation sites excluding steroid dienone is 1. The molecular formula is C25H21F3N2O5S. The summed E-state index contributed by atoms with van der Waals surface area (Å²) in [6, 6.07) is 8.91. The number of hydrogen-bond donors (Lipinski definition) is 0. The van der Waals surface area contributed by atoms with Gasteiger partial charge in [-0.15, -0.1) is 0 Å². The van der Waals surface area contributed by atoms with Gasteiger partial charge in [0, 0.05) is 0 Å². The zero-order valence-electron chi connectivity index (χ0n) is 19.5. The van der Waals surface area contributed by atoms with Gasteiger partial charge in [-0.25, -0.2) is 14.2 Å². The first-order valence-corrected chi connectivity index (χ1v) is 11.6. The molecule has 0 amide bonds. The van der Waals surface area contributed by atoms with Crippen LogP contribution < -0.4 is 24.4 Å². The number of alkyl halides is 2. The molecule has 1 aliphatic heterocycles. The predicted molar refractivity (Wildman–Crippen MR) is 126 cm³/mol. The Balaban J connectivity index is 1.88. The molecule has 3 aromatic rings. The van der Waals surface area contributed by atoms with Crippen molar-refractivity contribution in [3.8, 4) is 11.5 Å². The highest BCUT2D eigenvalue weighted by molar-refractivity contribution is 7.07. The van der Waals surface area contributed by atoms with Crippen molar-refractivity contribution >= 4 is 23.4 Å². The van der Waals surface area contributed by atoms with Crippen LogP contribution in [0.3, 0.4) is 0 Å². The Hall–Kier alpha value is -3.86. The Morgan fingerprint density at radius 3 is 2.56 bits per heavy atom. The van der Waals surface area contributed by atoms with Crippen molar-refractivity contribution in [3.63, 3.8) is 0 Å². The standard InChI is InChI=1S/C25H21F3N2O5S/c1-4-34-23(32)20-13(2)29-25-30(21(20)15-6-8-16(26)9-7-15)22(31)19(36-25)12-14-5-10-17(35-24(27)28)18(11-14)33-3/h5-12,21,24H,4H2,1-3H3/b19-12+. The molecule has 4 rings (SSSR count). The molecule has 1 unspecified atom stereocenters. The van der Waals surface area contributed by atoms with E-state index in [4.69, 9.17) is 9.47 Å². The molecule has 0 aliphatic carbocycles. The zero-order chi connectivity index (χ0) is 26.0. The van der Waals surface area contributed by atoms with E-state index in [1.54, 1.807) is 19.9 Å². The van der Waals surface area contributed by atoms with Gasteiger partial charge in [-0.2, -0.15) is 8.78 Å². The second kappa shape index (κ2) is 10.4. The minimum atomic E-state index is -3.02. The lowest BCUT2D eigenvalue weighted by Gasteiger charge is -2.24. The molecule has 0 N–H and O–H groups in total. The molecule has 36 heavy (non-hydrogen) atoms. The number of ether oxygens (including phenoxy) is 3. The van der Waals surface area contributed by atoms with E-state index >= 15 is 0 Å². The molecule has 0 saturated heterocycles. The highest BCUT2D eigenvalue weighted by atomic mass is 32.1. The van der Waals surface area contributed by atoms with Gasteiger partial charge in [-0.3, -0.25) is 9.36 Å². The van der Waals surface area contributed by atoms with Gasteiger partial charge < -0.3 is 14.2 Å². The summed E-state index contributed by atoms with van der Waals surface area (Å²) in [5.41, 5.74) is 1.13. The number of carbonyl (C=O) groups excluding carboxylic acids is 1. The molecule has 2 heterocycles. The average molecular weight is 519 g/mol. The van der Waals surface area contributed by atoms with Crippen LogP contribution in [0.5, 0.6) is 11.5 Å². The number of nitrogens with zero attached hydrogens (tertiary/aromatic N) is 2. The largest absolute Gasteiger partial charge is 0.493 e. The van der Waals surface area contributed by atoms with Crippen molar-refractivity contribution in [2.75, 3.05) is 13.7 Å². The Labute approximate surface area is 207 Å². The zero-order valence-corrected chi connectivity index (χ0v) is 20.3. The molecule has 0 bridgehead atoms.